The number of amides is 1. The van der Waals surface area contributed by atoms with Gasteiger partial charge in [-0.25, -0.2) is 10.2 Å². The van der Waals surface area contributed by atoms with Gasteiger partial charge in [0.1, 0.15) is 5.75 Å². The molecule has 23 heavy (non-hydrogen) atoms. The Balaban J connectivity index is 1.98. The summed E-state index contributed by atoms with van der Waals surface area (Å²) in [4.78, 5) is 23.3. The highest BCUT2D eigenvalue weighted by molar-refractivity contribution is 5.95. The first-order chi connectivity index (χ1) is 11.1. The molecular weight excluding hydrogens is 296 g/mol. The summed E-state index contributed by atoms with van der Waals surface area (Å²) in [6.07, 6.45) is 1.49. The lowest BCUT2D eigenvalue weighted by molar-refractivity contribution is 0.0600. The van der Waals surface area contributed by atoms with Crippen LogP contribution < -0.4 is 10.2 Å². The van der Waals surface area contributed by atoms with Gasteiger partial charge in [-0.15, -0.1) is 0 Å². The molecule has 2 aromatic rings. The lowest BCUT2D eigenvalue weighted by atomic mass is 10.1. The van der Waals surface area contributed by atoms with Crippen molar-refractivity contribution >= 4 is 18.1 Å². The van der Waals surface area contributed by atoms with Crippen molar-refractivity contribution in [3.8, 4) is 5.75 Å². The molecule has 1 N–H and O–H groups in total. The molecule has 0 heterocycles. The molecule has 0 saturated carbocycles. The molecular formula is C17H16N2O4. The summed E-state index contributed by atoms with van der Waals surface area (Å²) in [7, 11) is 2.86. The van der Waals surface area contributed by atoms with Crippen LogP contribution in [0.4, 0.5) is 0 Å². The highest BCUT2D eigenvalue weighted by Gasteiger charge is 2.05. The molecule has 0 atom stereocenters. The predicted molar refractivity (Wildman–Crippen MR) is 85.8 cm³/mol. The van der Waals surface area contributed by atoms with Crippen LogP contribution in [0.3, 0.4) is 0 Å². The Bertz CT molecular complexity index is 724. The number of benzene rings is 2. The number of hydrogen-bond donors (Lipinski definition) is 1. The summed E-state index contributed by atoms with van der Waals surface area (Å²) >= 11 is 0. The van der Waals surface area contributed by atoms with E-state index in [1.165, 1.54) is 20.4 Å². The molecule has 0 saturated heterocycles. The van der Waals surface area contributed by atoms with E-state index in [0.29, 0.717) is 16.9 Å². The second-order valence-electron chi connectivity index (χ2n) is 4.54. The standard InChI is InChI=1S/C17H16N2O4/c1-22-15-5-3-4-14(10-15)16(20)19-18-11-12-6-8-13(9-7-12)17(21)23-2/h3-11H,1-2H3,(H,19,20)/b18-11-. The van der Waals surface area contributed by atoms with Gasteiger partial charge in [0.15, 0.2) is 0 Å². The molecule has 0 fully saturated rings. The number of hydrazone groups is 1. The summed E-state index contributed by atoms with van der Waals surface area (Å²) in [5.74, 6) is -0.147. The maximum atomic E-state index is 11.9. The maximum Gasteiger partial charge on any atom is 0.337 e. The molecule has 1 amide bonds. The average molecular weight is 312 g/mol. The molecule has 0 aromatic heterocycles. The number of ether oxygens (including phenoxy) is 2. The first-order valence-corrected chi connectivity index (χ1v) is 6.80. The first-order valence-electron chi connectivity index (χ1n) is 6.80. The average Bonchev–Trinajstić information content (AvgIpc) is 2.61. The van der Waals surface area contributed by atoms with Crippen molar-refractivity contribution in [1.82, 2.24) is 5.43 Å². The first kappa shape index (κ1) is 16.2. The molecule has 0 bridgehead atoms. The second kappa shape index (κ2) is 7.74. The van der Waals surface area contributed by atoms with Crippen molar-refractivity contribution in [2.24, 2.45) is 5.10 Å². The van der Waals surface area contributed by atoms with Gasteiger partial charge in [0.05, 0.1) is 26.0 Å². The number of hydrogen-bond acceptors (Lipinski definition) is 5. The summed E-state index contributed by atoms with van der Waals surface area (Å²) in [6.45, 7) is 0. The van der Waals surface area contributed by atoms with E-state index >= 15 is 0 Å². The summed E-state index contributed by atoms with van der Waals surface area (Å²) in [5.41, 5.74) is 4.07. The van der Waals surface area contributed by atoms with Crippen molar-refractivity contribution in [2.45, 2.75) is 0 Å². The largest absolute Gasteiger partial charge is 0.497 e. The van der Waals surface area contributed by atoms with Gasteiger partial charge in [-0.2, -0.15) is 5.10 Å². The van der Waals surface area contributed by atoms with Gasteiger partial charge in [-0.05, 0) is 35.9 Å². The smallest absolute Gasteiger partial charge is 0.337 e. The zero-order chi connectivity index (χ0) is 16.7. The highest BCUT2D eigenvalue weighted by Crippen LogP contribution is 2.12. The minimum atomic E-state index is -0.403. The van der Waals surface area contributed by atoms with Crippen molar-refractivity contribution < 1.29 is 19.1 Å². The van der Waals surface area contributed by atoms with Gasteiger partial charge >= 0.3 is 5.97 Å². The zero-order valence-corrected chi connectivity index (χ0v) is 12.8. The number of esters is 1. The quantitative estimate of drug-likeness (QED) is 0.522. The van der Waals surface area contributed by atoms with Crippen LogP contribution in [0.15, 0.2) is 53.6 Å². The lowest BCUT2D eigenvalue weighted by Crippen LogP contribution is -2.17. The molecule has 6 nitrogen and oxygen atoms in total. The number of nitrogens with one attached hydrogen (secondary N) is 1. The summed E-state index contributed by atoms with van der Waals surface area (Å²) < 4.78 is 9.68. The Morgan fingerprint density at radius 3 is 2.43 bits per heavy atom. The maximum absolute atomic E-state index is 11.9. The molecule has 118 valence electrons. The van der Waals surface area contributed by atoms with Crippen LogP contribution >= 0.6 is 0 Å². The van der Waals surface area contributed by atoms with Gasteiger partial charge in [0, 0.05) is 5.56 Å². The van der Waals surface area contributed by atoms with Crippen LogP contribution in [0.1, 0.15) is 26.3 Å². The van der Waals surface area contributed by atoms with E-state index in [2.05, 4.69) is 15.3 Å². The molecule has 6 heteroatoms. The minimum Gasteiger partial charge on any atom is -0.497 e. The third-order valence-corrected chi connectivity index (χ3v) is 3.04. The van der Waals surface area contributed by atoms with Crippen LogP contribution in [-0.2, 0) is 4.74 Å². The Kier molecular flexibility index (Phi) is 5.46. The van der Waals surface area contributed by atoms with Gasteiger partial charge in [0.25, 0.3) is 5.91 Å². The van der Waals surface area contributed by atoms with E-state index in [0.717, 1.165) is 5.56 Å². The van der Waals surface area contributed by atoms with E-state index in [1.54, 1.807) is 48.5 Å². The molecule has 0 spiro atoms. The normalized spacial score (nSPS) is 10.3. The number of nitrogens with zero attached hydrogens (tertiary/aromatic N) is 1. The Labute approximate surface area is 133 Å². The second-order valence-corrected chi connectivity index (χ2v) is 4.54. The van der Waals surface area contributed by atoms with Gasteiger partial charge in [-0.1, -0.05) is 18.2 Å². The van der Waals surface area contributed by atoms with E-state index in [1.807, 2.05) is 0 Å². The molecule has 0 unspecified atom stereocenters. The van der Waals surface area contributed by atoms with Gasteiger partial charge in [-0.3, -0.25) is 4.79 Å². The predicted octanol–water partition coefficient (Wildman–Crippen LogP) is 2.25. The van der Waals surface area contributed by atoms with Crippen LogP contribution in [0.25, 0.3) is 0 Å². The molecule has 0 aliphatic carbocycles. The van der Waals surface area contributed by atoms with E-state index in [4.69, 9.17) is 4.74 Å². The SMILES string of the molecule is COC(=O)c1ccc(/C=N\NC(=O)c2cccc(OC)c2)cc1. The van der Waals surface area contributed by atoms with E-state index < -0.39 is 5.97 Å². The lowest BCUT2D eigenvalue weighted by Gasteiger charge is -2.03. The van der Waals surface area contributed by atoms with Gasteiger partial charge in [0.2, 0.25) is 0 Å². The monoisotopic (exact) mass is 312 g/mol. The molecule has 0 aliphatic rings. The molecule has 0 aliphatic heterocycles. The number of carbonyl (C=O) groups excluding carboxylic acids is 2. The fourth-order valence-electron chi connectivity index (χ4n) is 1.82. The third kappa shape index (κ3) is 4.41. The topological polar surface area (TPSA) is 77.0 Å². The van der Waals surface area contributed by atoms with E-state index in [9.17, 15) is 9.59 Å². The van der Waals surface area contributed by atoms with E-state index in [-0.39, 0.29) is 5.91 Å². The van der Waals surface area contributed by atoms with Crippen molar-refractivity contribution in [3.05, 3.63) is 65.2 Å². The fourth-order valence-corrected chi connectivity index (χ4v) is 1.82. The Hall–Kier alpha value is -3.15. The van der Waals surface area contributed by atoms with Crippen molar-refractivity contribution in [3.63, 3.8) is 0 Å². The Morgan fingerprint density at radius 1 is 1.04 bits per heavy atom. The summed E-state index contributed by atoms with van der Waals surface area (Å²) in [5, 5.41) is 3.89. The zero-order valence-electron chi connectivity index (χ0n) is 12.8. The van der Waals surface area contributed by atoms with Crippen molar-refractivity contribution in [2.75, 3.05) is 14.2 Å². The van der Waals surface area contributed by atoms with Crippen molar-refractivity contribution in [1.29, 1.82) is 0 Å². The van der Waals surface area contributed by atoms with Crippen LogP contribution in [0, 0.1) is 0 Å². The number of rotatable bonds is 5. The third-order valence-electron chi connectivity index (χ3n) is 3.04. The summed E-state index contributed by atoms with van der Waals surface area (Å²) in [6, 6.07) is 13.4. The Morgan fingerprint density at radius 2 is 1.78 bits per heavy atom. The van der Waals surface area contributed by atoms with Crippen LogP contribution in [-0.4, -0.2) is 32.3 Å². The molecule has 2 aromatic carbocycles. The van der Waals surface area contributed by atoms with Crippen LogP contribution in [0.5, 0.6) is 5.75 Å². The van der Waals surface area contributed by atoms with Crippen LogP contribution in [0.2, 0.25) is 0 Å². The molecule has 0 radical (unpaired) electrons. The molecule has 2 rings (SSSR count). The minimum absolute atomic E-state index is 0.341. The highest BCUT2D eigenvalue weighted by atomic mass is 16.5. The fraction of sp³-hybridized carbons (Fsp3) is 0.118. The number of carbonyl (C=O) groups is 2. The number of methoxy groups -OCH3 is 2. The van der Waals surface area contributed by atoms with Gasteiger partial charge < -0.3 is 9.47 Å².